The van der Waals surface area contributed by atoms with Gasteiger partial charge in [0.15, 0.2) is 0 Å². The zero-order valence-corrected chi connectivity index (χ0v) is 7.80. The molecule has 0 fully saturated rings. The van der Waals surface area contributed by atoms with Crippen LogP contribution in [0.25, 0.3) is 0 Å². The number of rotatable bonds is 7. The van der Waals surface area contributed by atoms with Crippen LogP contribution in [0.2, 0.25) is 0 Å². The number of methoxy groups -OCH3 is 1. The van der Waals surface area contributed by atoms with Crippen LogP contribution in [0.4, 0.5) is 0 Å². The van der Waals surface area contributed by atoms with Crippen LogP contribution in [0.15, 0.2) is 0 Å². The summed E-state index contributed by atoms with van der Waals surface area (Å²) in [5.41, 5.74) is 5.07. The Hall–Kier alpha value is -0.610. The predicted molar refractivity (Wildman–Crippen MR) is 47.7 cm³/mol. The Morgan fingerprint density at radius 1 is 1.67 bits per heavy atom. The van der Waals surface area contributed by atoms with Gasteiger partial charge in [-0.25, -0.2) is 0 Å². The molecule has 1 atom stereocenters. The second-order valence-corrected chi connectivity index (χ2v) is 2.85. The maximum atomic E-state index is 10.6. The van der Waals surface area contributed by atoms with Gasteiger partial charge < -0.3 is 15.8 Å². The number of nitrogens with one attached hydrogen (secondary N) is 1. The summed E-state index contributed by atoms with van der Waals surface area (Å²) in [6, 6.07) is 0. The van der Waals surface area contributed by atoms with E-state index in [-0.39, 0.29) is 11.8 Å². The van der Waals surface area contributed by atoms with Crippen molar-refractivity contribution in [3.63, 3.8) is 0 Å². The minimum Gasteiger partial charge on any atom is -0.385 e. The van der Waals surface area contributed by atoms with Gasteiger partial charge in [0.05, 0.1) is 0 Å². The first-order chi connectivity index (χ1) is 5.68. The number of hydrogen-bond donors (Lipinski definition) is 2. The molecule has 0 aromatic carbocycles. The zero-order valence-electron chi connectivity index (χ0n) is 7.80. The highest BCUT2D eigenvalue weighted by Gasteiger charge is 2.06. The van der Waals surface area contributed by atoms with E-state index in [4.69, 9.17) is 10.5 Å². The predicted octanol–water partition coefficient (Wildman–Crippen LogP) is -0.266. The molecule has 0 aliphatic carbocycles. The summed E-state index contributed by atoms with van der Waals surface area (Å²) in [5, 5.41) is 3.12. The first-order valence-corrected chi connectivity index (χ1v) is 4.17. The molecule has 1 unspecified atom stereocenters. The molecule has 0 aliphatic rings. The van der Waals surface area contributed by atoms with Crippen molar-refractivity contribution in [1.82, 2.24) is 5.32 Å². The standard InChI is InChI=1S/C8H18N2O2/c1-7(8(9)11)6-10-4-3-5-12-2/h7,10H,3-6H2,1-2H3,(H2,9,11). The lowest BCUT2D eigenvalue weighted by Crippen LogP contribution is -2.31. The second kappa shape index (κ2) is 7.06. The van der Waals surface area contributed by atoms with Crippen LogP contribution in [-0.2, 0) is 9.53 Å². The smallest absolute Gasteiger partial charge is 0.221 e. The highest BCUT2D eigenvalue weighted by Crippen LogP contribution is 1.89. The van der Waals surface area contributed by atoms with Gasteiger partial charge >= 0.3 is 0 Å². The van der Waals surface area contributed by atoms with Crippen LogP contribution in [0.1, 0.15) is 13.3 Å². The van der Waals surface area contributed by atoms with E-state index in [1.807, 2.05) is 6.92 Å². The third-order valence-electron chi connectivity index (χ3n) is 1.64. The van der Waals surface area contributed by atoms with Gasteiger partial charge in [0, 0.05) is 26.2 Å². The molecule has 0 aromatic rings. The number of carbonyl (C=O) groups excluding carboxylic acids is 1. The van der Waals surface area contributed by atoms with E-state index in [1.165, 1.54) is 0 Å². The van der Waals surface area contributed by atoms with E-state index in [9.17, 15) is 4.79 Å². The number of primary amides is 1. The molecular weight excluding hydrogens is 156 g/mol. The van der Waals surface area contributed by atoms with Crippen molar-refractivity contribution >= 4 is 5.91 Å². The van der Waals surface area contributed by atoms with Crippen LogP contribution in [0.3, 0.4) is 0 Å². The molecular formula is C8H18N2O2. The molecule has 0 rings (SSSR count). The van der Waals surface area contributed by atoms with Gasteiger partial charge in [-0.05, 0) is 13.0 Å². The van der Waals surface area contributed by atoms with Crippen molar-refractivity contribution in [1.29, 1.82) is 0 Å². The molecule has 4 heteroatoms. The second-order valence-electron chi connectivity index (χ2n) is 2.85. The first-order valence-electron chi connectivity index (χ1n) is 4.17. The van der Waals surface area contributed by atoms with Gasteiger partial charge in [-0.2, -0.15) is 0 Å². The van der Waals surface area contributed by atoms with Crippen molar-refractivity contribution in [2.45, 2.75) is 13.3 Å². The van der Waals surface area contributed by atoms with Gasteiger partial charge in [-0.1, -0.05) is 6.92 Å². The lowest BCUT2D eigenvalue weighted by atomic mass is 10.2. The molecule has 12 heavy (non-hydrogen) atoms. The molecule has 0 aliphatic heterocycles. The average Bonchev–Trinajstić information content (AvgIpc) is 2.03. The molecule has 0 bridgehead atoms. The van der Waals surface area contributed by atoms with E-state index in [0.29, 0.717) is 6.54 Å². The van der Waals surface area contributed by atoms with Crippen LogP contribution in [0.5, 0.6) is 0 Å². The van der Waals surface area contributed by atoms with E-state index in [2.05, 4.69) is 5.32 Å². The largest absolute Gasteiger partial charge is 0.385 e. The Morgan fingerprint density at radius 2 is 2.33 bits per heavy atom. The van der Waals surface area contributed by atoms with Gasteiger partial charge in [0.2, 0.25) is 5.91 Å². The van der Waals surface area contributed by atoms with Crippen LogP contribution in [-0.4, -0.2) is 32.7 Å². The number of carbonyl (C=O) groups is 1. The number of nitrogens with two attached hydrogens (primary N) is 1. The van der Waals surface area contributed by atoms with Crippen molar-refractivity contribution in [3.8, 4) is 0 Å². The van der Waals surface area contributed by atoms with Gasteiger partial charge in [0.1, 0.15) is 0 Å². The van der Waals surface area contributed by atoms with E-state index in [0.717, 1.165) is 19.6 Å². The van der Waals surface area contributed by atoms with E-state index in [1.54, 1.807) is 7.11 Å². The lowest BCUT2D eigenvalue weighted by molar-refractivity contribution is -0.121. The molecule has 0 spiro atoms. The van der Waals surface area contributed by atoms with Crippen molar-refractivity contribution in [3.05, 3.63) is 0 Å². The summed E-state index contributed by atoms with van der Waals surface area (Å²) in [6.45, 7) is 4.08. The SMILES string of the molecule is COCCCNCC(C)C(N)=O. The summed E-state index contributed by atoms with van der Waals surface area (Å²) in [4.78, 5) is 10.6. The zero-order chi connectivity index (χ0) is 9.40. The Labute approximate surface area is 73.5 Å². The first kappa shape index (κ1) is 11.4. The summed E-state index contributed by atoms with van der Waals surface area (Å²) in [6.07, 6.45) is 0.960. The lowest BCUT2D eigenvalue weighted by Gasteiger charge is -2.08. The van der Waals surface area contributed by atoms with Crippen LogP contribution >= 0.6 is 0 Å². The maximum Gasteiger partial charge on any atom is 0.221 e. The fourth-order valence-corrected chi connectivity index (χ4v) is 0.761. The van der Waals surface area contributed by atoms with Gasteiger partial charge in [-0.15, -0.1) is 0 Å². The monoisotopic (exact) mass is 174 g/mol. The molecule has 0 aromatic heterocycles. The third-order valence-corrected chi connectivity index (χ3v) is 1.64. The Morgan fingerprint density at radius 3 is 2.83 bits per heavy atom. The normalized spacial score (nSPS) is 12.8. The number of amides is 1. The molecule has 0 heterocycles. The average molecular weight is 174 g/mol. The van der Waals surface area contributed by atoms with Crippen molar-refractivity contribution in [2.24, 2.45) is 11.7 Å². The quantitative estimate of drug-likeness (QED) is 0.522. The fraction of sp³-hybridized carbons (Fsp3) is 0.875. The summed E-state index contributed by atoms with van der Waals surface area (Å²) < 4.78 is 4.86. The Kier molecular flexibility index (Phi) is 6.70. The molecule has 0 radical (unpaired) electrons. The van der Waals surface area contributed by atoms with Gasteiger partial charge in [-0.3, -0.25) is 4.79 Å². The summed E-state index contributed by atoms with van der Waals surface area (Å²) in [5.74, 6) is -0.346. The topological polar surface area (TPSA) is 64.3 Å². The van der Waals surface area contributed by atoms with E-state index >= 15 is 0 Å². The molecule has 4 nitrogen and oxygen atoms in total. The van der Waals surface area contributed by atoms with Crippen LogP contribution in [0, 0.1) is 5.92 Å². The molecule has 0 saturated heterocycles. The van der Waals surface area contributed by atoms with Crippen LogP contribution < -0.4 is 11.1 Å². The highest BCUT2D eigenvalue weighted by molar-refractivity contribution is 5.76. The summed E-state index contributed by atoms with van der Waals surface area (Å²) in [7, 11) is 1.67. The molecule has 0 saturated carbocycles. The third kappa shape index (κ3) is 6.12. The highest BCUT2D eigenvalue weighted by atomic mass is 16.5. The molecule has 3 N–H and O–H groups in total. The summed E-state index contributed by atoms with van der Waals surface area (Å²) >= 11 is 0. The van der Waals surface area contributed by atoms with Crippen molar-refractivity contribution < 1.29 is 9.53 Å². The van der Waals surface area contributed by atoms with Crippen molar-refractivity contribution in [2.75, 3.05) is 26.8 Å². The number of hydrogen-bond acceptors (Lipinski definition) is 3. The maximum absolute atomic E-state index is 10.6. The minimum absolute atomic E-state index is 0.0902. The van der Waals surface area contributed by atoms with E-state index < -0.39 is 0 Å². The Bertz CT molecular complexity index is 128. The van der Waals surface area contributed by atoms with Gasteiger partial charge in [0.25, 0.3) is 0 Å². The number of ether oxygens (including phenoxy) is 1. The minimum atomic E-state index is -0.255. The Balaban J connectivity index is 3.14. The fourth-order valence-electron chi connectivity index (χ4n) is 0.761. The molecule has 72 valence electrons. The molecule has 1 amide bonds.